The molecule has 0 aliphatic carbocycles. The van der Waals surface area contributed by atoms with Crippen molar-refractivity contribution in [2.45, 2.75) is 19.3 Å². The molecule has 0 saturated heterocycles. The Labute approximate surface area is 197 Å². The van der Waals surface area contributed by atoms with Crippen LogP contribution in [0.5, 0.6) is 5.75 Å². The number of nitrogens with zero attached hydrogens (tertiary/aromatic N) is 3. The molecule has 0 N–H and O–H groups in total. The molecule has 0 unspecified atom stereocenters. The van der Waals surface area contributed by atoms with Crippen LogP contribution in [0.2, 0.25) is 5.02 Å². The van der Waals surface area contributed by atoms with Gasteiger partial charge in [0, 0.05) is 17.0 Å². The van der Waals surface area contributed by atoms with Crippen LogP contribution in [0.25, 0.3) is 22.0 Å². The van der Waals surface area contributed by atoms with E-state index in [0.717, 1.165) is 33.2 Å². The normalized spacial score (nSPS) is 11.3. The lowest BCUT2D eigenvalue weighted by Crippen LogP contribution is -2.19. The Morgan fingerprint density at radius 3 is 2.47 bits per heavy atom. The SMILES string of the molecule is CC(C)(c1ccc(-c2ccc3ncncc3c2)cc1)c1cc(Cl)c(OCCCl)c(C#N)c1. The van der Waals surface area contributed by atoms with E-state index in [4.69, 9.17) is 27.9 Å². The number of hydrogen-bond donors (Lipinski definition) is 0. The maximum absolute atomic E-state index is 9.61. The van der Waals surface area contributed by atoms with Crippen LogP contribution in [0, 0.1) is 11.3 Å². The molecule has 0 radical (unpaired) electrons. The number of alkyl halides is 1. The van der Waals surface area contributed by atoms with Crippen molar-refractivity contribution in [3.05, 3.63) is 88.8 Å². The van der Waals surface area contributed by atoms with Gasteiger partial charge >= 0.3 is 0 Å². The van der Waals surface area contributed by atoms with E-state index in [1.54, 1.807) is 6.33 Å². The molecule has 4 nitrogen and oxygen atoms in total. The van der Waals surface area contributed by atoms with E-state index in [1.165, 1.54) is 0 Å². The summed E-state index contributed by atoms with van der Waals surface area (Å²) in [4.78, 5) is 8.39. The van der Waals surface area contributed by atoms with Crippen molar-refractivity contribution in [1.29, 1.82) is 5.26 Å². The molecule has 0 spiro atoms. The van der Waals surface area contributed by atoms with Crippen LogP contribution in [0.1, 0.15) is 30.5 Å². The first-order chi connectivity index (χ1) is 15.4. The van der Waals surface area contributed by atoms with Gasteiger partial charge in [-0.05, 0) is 46.5 Å². The number of halogens is 2. The monoisotopic (exact) mass is 461 g/mol. The summed E-state index contributed by atoms with van der Waals surface area (Å²) in [7, 11) is 0. The maximum Gasteiger partial charge on any atom is 0.155 e. The van der Waals surface area contributed by atoms with Crippen LogP contribution in [0.4, 0.5) is 0 Å². The van der Waals surface area contributed by atoms with Crippen LogP contribution < -0.4 is 4.74 Å². The minimum Gasteiger partial charge on any atom is -0.489 e. The van der Waals surface area contributed by atoms with Gasteiger partial charge in [0.15, 0.2) is 5.75 Å². The Balaban J connectivity index is 1.67. The zero-order valence-electron chi connectivity index (χ0n) is 17.8. The fourth-order valence-electron chi connectivity index (χ4n) is 3.73. The third kappa shape index (κ3) is 4.27. The summed E-state index contributed by atoms with van der Waals surface area (Å²) in [5.41, 5.74) is 5.22. The Kier molecular flexibility index (Phi) is 6.32. The Bertz CT molecular complexity index is 1310. The number of benzene rings is 3. The van der Waals surface area contributed by atoms with E-state index in [0.29, 0.717) is 28.8 Å². The summed E-state index contributed by atoms with van der Waals surface area (Å²) in [6, 6.07) is 20.5. The number of aromatic nitrogens is 2. The van der Waals surface area contributed by atoms with Crippen LogP contribution in [-0.2, 0) is 5.41 Å². The van der Waals surface area contributed by atoms with Gasteiger partial charge in [-0.15, -0.1) is 11.6 Å². The molecule has 0 aliphatic rings. The van der Waals surface area contributed by atoms with Gasteiger partial charge in [-0.2, -0.15) is 5.26 Å². The Hall–Kier alpha value is -3.13. The predicted molar refractivity (Wildman–Crippen MR) is 129 cm³/mol. The summed E-state index contributed by atoms with van der Waals surface area (Å²) in [6.07, 6.45) is 3.37. The zero-order valence-corrected chi connectivity index (χ0v) is 19.3. The highest BCUT2D eigenvalue weighted by atomic mass is 35.5. The van der Waals surface area contributed by atoms with Gasteiger partial charge < -0.3 is 4.74 Å². The van der Waals surface area contributed by atoms with Crippen molar-refractivity contribution in [1.82, 2.24) is 9.97 Å². The lowest BCUT2D eigenvalue weighted by Gasteiger charge is -2.27. The summed E-state index contributed by atoms with van der Waals surface area (Å²) in [5.74, 6) is 0.704. The van der Waals surface area contributed by atoms with Gasteiger partial charge in [0.1, 0.15) is 19.0 Å². The number of ether oxygens (including phenoxy) is 1. The first-order valence-electron chi connectivity index (χ1n) is 10.2. The third-order valence-corrected chi connectivity index (χ3v) is 6.09. The van der Waals surface area contributed by atoms with Crippen molar-refractivity contribution >= 4 is 34.1 Å². The maximum atomic E-state index is 9.61. The molecule has 0 saturated carbocycles. The third-order valence-electron chi connectivity index (χ3n) is 5.65. The molecule has 0 fully saturated rings. The molecule has 3 aromatic carbocycles. The molecular weight excluding hydrogens is 441 g/mol. The van der Waals surface area contributed by atoms with Gasteiger partial charge in [0.25, 0.3) is 0 Å². The molecule has 0 bridgehead atoms. The van der Waals surface area contributed by atoms with Crippen LogP contribution in [0.15, 0.2) is 67.1 Å². The molecule has 160 valence electrons. The second kappa shape index (κ2) is 9.16. The van der Waals surface area contributed by atoms with Crippen LogP contribution in [0.3, 0.4) is 0 Å². The summed E-state index contributed by atoms with van der Waals surface area (Å²) in [5, 5.41) is 11.0. The van der Waals surface area contributed by atoms with Gasteiger partial charge in [0.05, 0.1) is 22.0 Å². The summed E-state index contributed by atoms with van der Waals surface area (Å²) < 4.78 is 5.58. The highest BCUT2D eigenvalue weighted by Crippen LogP contribution is 2.38. The lowest BCUT2D eigenvalue weighted by molar-refractivity contribution is 0.341. The summed E-state index contributed by atoms with van der Waals surface area (Å²) in [6.45, 7) is 4.52. The number of rotatable bonds is 6. The number of nitriles is 1. The predicted octanol–water partition coefficient (Wildman–Crippen LogP) is 6.77. The first-order valence-corrected chi connectivity index (χ1v) is 11.1. The molecule has 0 amide bonds. The topological polar surface area (TPSA) is 58.8 Å². The Morgan fingerprint density at radius 2 is 1.75 bits per heavy atom. The molecule has 4 aromatic rings. The fourth-order valence-corrected chi connectivity index (χ4v) is 4.09. The smallest absolute Gasteiger partial charge is 0.155 e. The quantitative estimate of drug-likeness (QED) is 0.297. The molecule has 0 aliphatic heterocycles. The first kappa shape index (κ1) is 22.1. The van der Waals surface area contributed by atoms with Crippen molar-refractivity contribution in [2.75, 3.05) is 12.5 Å². The van der Waals surface area contributed by atoms with E-state index < -0.39 is 0 Å². The van der Waals surface area contributed by atoms with Gasteiger partial charge in [-0.25, -0.2) is 9.97 Å². The van der Waals surface area contributed by atoms with Crippen molar-refractivity contribution in [3.8, 4) is 22.9 Å². The van der Waals surface area contributed by atoms with E-state index in [2.05, 4.69) is 66.3 Å². The van der Waals surface area contributed by atoms with Crippen molar-refractivity contribution in [3.63, 3.8) is 0 Å². The largest absolute Gasteiger partial charge is 0.489 e. The average Bonchev–Trinajstić information content (AvgIpc) is 2.82. The minimum absolute atomic E-state index is 0.293. The van der Waals surface area contributed by atoms with E-state index in [9.17, 15) is 5.26 Å². The average molecular weight is 462 g/mol. The fraction of sp³-hybridized carbons (Fsp3) is 0.192. The number of hydrogen-bond acceptors (Lipinski definition) is 4. The van der Waals surface area contributed by atoms with Gasteiger partial charge in [-0.3, -0.25) is 0 Å². The van der Waals surface area contributed by atoms with E-state index in [1.807, 2.05) is 24.4 Å². The highest BCUT2D eigenvalue weighted by molar-refractivity contribution is 6.32. The van der Waals surface area contributed by atoms with Crippen molar-refractivity contribution < 1.29 is 4.74 Å². The van der Waals surface area contributed by atoms with Crippen LogP contribution in [-0.4, -0.2) is 22.5 Å². The molecule has 4 rings (SSSR count). The molecule has 1 aromatic heterocycles. The second-order valence-corrected chi connectivity index (χ2v) is 8.77. The lowest BCUT2D eigenvalue weighted by atomic mass is 9.77. The number of fused-ring (bicyclic) bond motifs is 1. The molecule has 32 heavy (non-hydrogen) atoms. The highest BCUT2D eigenvalue weighted by Gasteiger charge is 2.26. The van der Waals surface area contributed by atoms with Crippen molar-refractivity contribution in [2.24, 2.45) is 0 Å². The van der Waals surface area contributed by atoms with E-state index >= 15 is 0 Å². The second-order valence-electron chi connectivity index (χ2n) is 7.98. The van der Waals surface area contributed by atoms with Gasteiger partial charge in [0.2, 0.25) is 0 Å². The minimum atomic E-state index is -0.365. The molecular formula is C26H21Cl2N3O. The molecule has 1 heterocycles. The standard InChI is InChI=1S/C26H21Cl2N3O/c1-26(2,22-12-19(14-29)25(23(28)13-22)32-10-9-27)21-6-3-17(4-7-21)18-5-8-24-20(11-18)15-30-16-31-24/h3-8,11-13,15-16H,9-10H2,1-2H3. The van der Waals surface area contributed by atoms with E-state index in [-0.39, 0.29) is 5.41 Å². The molecule has 0 atom stereocenters. The zero-order chi connectivity index (χ0) is 22.7. The Morgan fingerprint density at radius 1 is 1.00 bits per heavy atom. The summed E-state index contributed by atoms with van der Waals surface area (Å²) >= 11 is 12.2. The van der Waals surface area contributed by atoms with Gasteiger partial charge in [-0.1, -0.05) is 55.8 Å². The van der Waals surface area contributed by atoms with Crippen LogP contribution >= 0.6 is 23.2 Å². The molecule has 6 heteroatoms.